The van der Waals surface area contributed by atoms with Gasteiger partial charge < -0.3 is 5.32 Å². The lowest BCUT2D eigenvalue weighted by molar-refractivity contribution is 0.0947. The van der Waals surface area contributed by atoms with E-state index in [4.69, 9.17) is 0 Å². The third kappa shape index (κ3) is 3.54. The molecule has 1 saturated carbocycles. The summed E-state index contributed by atoms with van der Waals surface area (Å²) in [7, 11) is 0. The van der Waals surface area contributed by atoms with Crippen molar-refractivity contribution in [3.8, 4) is 0 Å². The highest BCUT2D eigenvalue weighted by molar-refractivity contribution is 9.10. The molecule has 2 nitrogen and oxygen atoms in total. The molecule has 2 atom stereocenters. The summed E-state index contributed by atoms with van der Waals surface area (Å²) in [5.74, 6) is -0.151. The molecule has 0 heterocycles. The van der Waals surface area contributed by atoms with Crippen LogP contribution < -0.4 is 5.32 Å². The molecular weight excluding hydrogens is 365 g/mol. The summed E-state index contributed by atoms with van der Waals surface area (Å²) in [6.45, 7) is 0.642. The van der Waals surface area contributed by atoms with E-state index >= 15 is 0 Å². The molecule has 2 rings (SSSR count). The van der Waals surface area contributed by atoms with Crippen molar-refractivity contribution in [3.05, 3.63) is 34.1 Å². The predicted molar refractivity (Wildman–Crippen MR) is 76.5 cm³/mol. The highest BCUT2D eigenvalue weighted by Gasteiger charge is 2.25. The molecule has 1 aromatic carbocycles. The van der Waals surface area contributed by atoms with E-state index in [0.29, 0.717) is 27.3 Å². The zero-order chi connectivity index (χ0) is 13.1. The molecule has 0 radical (unpaired) electrons. The van der Waals surface area contributed by atoms with Crippen molar-refractivity contribution in [2.24, 2.45) is 5.92 Å². The van der Waals surface area contributed by atoms with Crippen molar-refractivity contribution < 1.29 is 9.18 Å². The van der Waals surface area contributed by atoms with Gasteiger partial charge >= 0.3 is 0 Å². The van der Waals surface area contributed by atoms with E-state index in [1.807, 2.05) is 0 Å². The van der Waals surface area contributed by atoms with Crippen LogP contribution in [0, 0.1) is 11.7 Å². The van der Waals surface area contributed by atoms with Crippen molar-refractivity contribution in [1.82, 2.24) is 5.32 Å². The van der Waals surface area contributed by atoms with Crippen LogP contribution in [0.25, 0.3) is 0 Å². The quantitative estimate of drug-likeness (QED) is 0.794. The molecule has 1 aliphatic rings. The Morgan fingerprint density at radius 1 is 1.39 bits per heavy atom. The van der Waals surface area contributed by atoms with Crippen LogP contribution in [-0.2, 0) is 0 Å². The lowest BCUT2D eigenvalue weighted by atomic mass is 10.1. The molecule has 0 saturated heterocycles. The number of carbonyl (C=O) groups is 1. The van der Waals surface area contributed by atoms with E-state index in [0.717, 1.165) is 12.8 Å². The van der Waals surface area contributed by atoms with Crippen LogP contribution >= 0.6 is 31.9 Å². The van der Waals surface area contributed by atoms with Gasteiger partial charge in [0.1, 0.15) is 5.82 Å². The average molecular weight is 379 g/mol. The Hall–Kier alpha value is -0.420. The molecule has 18 heavy (non-hydrogen) atoms. The zero-order valence-corrected chi connectivity index (χ0v) is 12.9. The number of nitrogens with one attached hydrogen (secondary N) is 1. The summed E-state index contributed by atoms with van der Waals surface area (Å²) in [4.78, 5) is 12.4. The summed E-state index contributed by atoms with van der Waals surface area (Å²) in [5, 5.41) is 2.87. The second-order valence-electron chi connectivity index (χ2n) is 4.58. The largest absolute Gasteiger partial charge is 0.352 e. The number of halogens is 3. The molecule has 1 aromatic rings. The first kappa shape index (κ1) is 14.0. The van der Waals surface area contributed by atoms with Crippen molar-refractivity contribution in [2.45, 2.75) is 24.1 Å². The molecule has 1 amide bonds. The van der Waals surface area contributed by atoms with Gasteiger partial charge in [0.2, 0.25) is 0 Å². The zero-order valence-electron chi connectivity index (χ0n) is 9.76. The number of hydrogen-bond donors (Lipinski definition) is 1. The van der Waals surface area contributed by atoms with Gasteiger partial charge in [-0.25, -0.2) is 4.39 Å². The highest BCUT2D eigenvalue weighted by Crippen LogP contribution is 2.30. The summed E-state index contributed by atoms with van der Waals surface area (Å²) in [6, 6.07) is 4.21. The minimum Gasteiger partial charge on any atom is -0.352 e. The van der Waals surface area contributed by atoms with Crippen molar-refractivity contribution in [1.29, 1.82) is 0 Å². The van der Waals surface area contributed by atoms with E-state index in [1.165, 1.54) is 18.6 Å². The predicted octanol–water partition coefficient (Wildman–Crippen LogP) is 3.88. The second kappa shape index (κ2) is 6.15. The first-order chi connectivity index (χ1) is 8.56. The minimum absolute atomic E-state index is 0.221. The fourth-order valence-corrected chi connectivity index (χ4v) is 3.47. The Bertz CT molecular complexity index is 432. The van der Waals surface area contributed by atoms with Gasteiger partial charge in [-0.3, -0.25) is 4.79 Å². The van der Waals surface area contributed by atoms with Gasteiger partial charge in [-0.1, -0.05) is 38.3 Å². The number of benzene rings is 1. The van der Waals surface area contributed by atoms with Crippen LogP contribution in [-0.4, -0.2) is 17.3 Å². The third-order valence-electron chi connectivity index (χ3n) is 3.22. The van der Waals surface area contributed by atoms with Gasteiger partial charge in [-0.15, -0.1) is 0 Å². The molecular formula is C13H14Br2FNO. The number of carbonyl (C=O) groups excluding carboxylic acids is 1. The highest BCUT2D eigenvalue weighted by atomic mass is 79.9. The summed E-state index contributed by atoms with van der Waals surface area (Å²) >= 11 is 6.80. The number of alkyl halides is 1. The molecule has 1 aliphatic carbocycles. The summed E-state index contributed by atoms with van der Waals surface area (Å²) in [6.07, 6.45) is 3.48. The van der Waals surface area contributed by atoms with E-state index in [9.17, 15) is 9.18 Å². The Kier molecular flexibility index (Phi) is 4.78. The van der Waals surface area contributed by atoms with Crippen LogP contribution in [0.1, 0.15) is 29.6 Å². The summed E-state index contributed by atoms with van der Waals surface area (Å²) in [5.41, 5.74) is 0.353. The number of rotatable bonds is 3. The Morgan fingerprint density at radius 3 is 2.78 bits per heavy atom. The molecule has 0 bridgehead atoms. The minimum atomic E-state index is -0.409. The van der Waals surface area contributed by atoms with Gasteiger partial charge in [-0.05, 0) is 37.0 Å². The molecule has 2 unspecified atom stereocenters. The van der Waals surface area contributed by atoms with Crippen LogP contribution in [0.3, 0.4) is 0 Å². The SMILES string of the molecule is O=C(NCC1CCCC1Br)c1cc(F)cc(Br)c1. The van der Waals surface area contributed by atoms with Crippen LogP contribution in [0.2, 0.25) is 0 Å². The van der Waals surface area contributed by atoms with E-state index in [2.05, 4.69) is 37.2 Å². The first-order valence-corrected chi connectivity index (χ1v) is 7.65. The third-order valence-corrected chi connectivity index (χ3v) is 4.88. The fourth-order valence-electron chi connectivity index (χ4n) is 2.23. The van der Waals surface area contributed by atoms with Gasteiger partial charge in [-0.2, -0.15) is 0 Å². The Balaban J connectivity index is 1.95. The molecule has 1 N–H and O–H groups in total. The summed E-state index contributed by atoms with van der Waals surface area (Å²) < 4.78 is 13.7. The van der Waals surface area contributed by atoms with Gasteiger partial charge in [0.25, 0.3) is 5.91 Å². The van der Waals surface area contributed by atoms with Crippen LogP contribution in [0.5, 0.6) is 0 Å². The van der Waals surface area contributed by atoms with Gasteiger partial charge in [0.15, 0.2) is 0 Å². The maximum absolute atomic E-state index is 13.2. The average Bonchev–Trinajstić information content (AvgIpc) is 2.70. The van der Waals surface area contributed by atoms with Crippen LogP contribution in [0.4, 0.5) is 4.39 Å². The molecule has 98 valence electrons. The normalized spacial score (nSPS) is 23.1. The van der Waals surface area contributed by atoms with E-state index in [-0.39, 0.29) is 5.91 Å². The molecule has 5 heteroatoms. The molecule has 0 aromatic heterocycles. The van der Waals surface area contributed by atoms with E-state index in [1.54, 1.807) is 6.07 Å². The maximum atomic E-state index is 13.2. The topological polar surface area (TPSA) is 29.1 Å². The Morgan fingerprint density at radius 2 is 2.17 bits per heavy atom. The number of hydrogen-bond acceptors (Lipinski definition) is 1. The molecule has 1 fully saturated rings. The fraction of sp³-hybridized carbons (Fsp3) is 0.462. The van der Waals surface area contributed by atoms with Crippen molar-refractivity contribution >= 4 is 37.8 Å². The standard InChI is InChI=1S/C13H14Br2FNO/c14-10-4-9(5-11(16)6-10)13(18)17-7-8-2-1-3-12(8)15/h4-6,8,12H,1-3,7H2,(H,17,18). The Labute approximate surface area is 123 Å². The van der Waals surface area contributed by atoms with Crippen molar-refractivity contribution in [3.63, 3.8) is 0 Å². The van der Waals surface area contributed by atoms with E-state index < -0.39 is 5.82 Å². The van der Waals surface area contributed by atoms with Gasteiger partial charge in [0, 0.05) is 21.4 Å². The first-order valence-electron chi connectivity index (χ1n) is 5.94. The maximum Gasteiger partial charge on any atom is 0.251 e. The van der Waals surface area contributed by atoms with Crippen molar-refractivity contribution in [2.75, 3.05) is 6.54 Å². The monoisotopic (exact) mass is 377 g/mol. The van der Waals surface area contributed by atoms with Crippen LogP contribution in [0.15, 0.2) is 22.7 Å². The second-order valence-corrected chi connectivity index (χ2v) is 6.67. The molecule has 0 aliphatic heterocycles. The van der Waals surface area contributed by atoms with Gasteiger partial charge in [0.05, 0.1) is 0 Å². The number of amides is 1. The lowest BCUT2D eigenvalue weighted by Crippen LogP contribution is -2.31. The smallest absolute Gasteiger partial charge is 0.251 e. The molecule has 0 spiro atoms. The lowest BCUT2D eigenvalue weighted by Gasteiger charge is -2.14.